The molecule has 0 spiro atoms. The highest BCUT2D eigenvalue weighted by Gasteiger charge is 2.27. The Balaban J connectivity index is 1.81. The van der Waals surface area contributed by atoms with Crippen molar-refractivity contribution in [1.82, 2.24) is 20.4 Å². The molecule has 1 amide bonds. The molecule has 0 radical (unpaired) electrons. The van der Waals surface area contributed by atoms with Crippen LogP contribution >= 0.6 is 0 Å². The van der Waals surface area contributed by atoms with Gasteiger partial charge in [0.2, 0.25) is 11.6 Å². The van der Waals surface area contributed by atoms with Gasteiger partial charge in [-0.1, -0.05) is 12.8 Å². The fourth-order valence-corrected chi connectivity index (χ4v) is 2.83. The zero-order chi connectivity index (χ0) is 18.4. The van der Waals surface area contributed by atoms with E-state index >= 15 is 0 Å². The van der Waals surface area contributed by atoms with Crippen molar-refractivity contribution in [3.05, 3.63) is 46.5 Å². The molecule has 0 bridgehead atoms. The number of rotatable bonds is 5. The van der Waals surface area contributed by atoms with E-state index in [1.807, 2.05) is 4.90 Å². The smallest absolute Gasteiger partial charge is 0.351 e. The summed E-state index contributed by atoms with van der Waals surface area (Å²) in [7, 11) is 0. The number of nitrogens with zero attached hydrogens (tertiary/aromatic N) is 5. The van der Waals surface area contributed by atoms with E-state index in [2.05, 4.69) is 25.8 Å². The largest absolute Gasteiger partial charge is 0.355 e. The normalized spacial score (nSPS) is 14.4. The third-order valence-corrected chi connectivity index (χ3v) is 4.13. The van der Waals surface area contributed by atoms with Crippen LogP contribution in [0.3, 0.4) is 0 Å². The Morgan fingerprint density at radius 2 is 1.81 bits per heavy atom. The molecule has 10 nitrogen and oxygen atoms in total. The number of pyridine rings is 1. The average molecular weight is 357 g/mol. The summed E-state index contributed by atoms with van der Waals surface area (Å²) < 4.78 is 0. The van der Waals surface area contributed by atoms with Crippen LogP contribution in [-0.2, 0) is 0 Å². The van der Waals surface area contributed by atoms with Crippen LogP contribution in [0.4, 0.5) is 17.3 Å². The summed E-state index contributed by atoms with van der Waals surface area (Å²) in [6.45, 7) is 1.42. The summed E-state index contributed by atoms with van der Waals surface area (Å²) in [6.07, 6.45) is 8.35. The number of carbonyl (C=O) groups excluding carboxylic acids is 1. The Hall–Kier alpha value is -3.30. The number of anilines is 2. The standard InChI is InChI=1S/C16H19N7O3/c24-16(12-5-7-17-8-6-12)21-20-14-13(23(25)26)15(19-11-18-14)22-9-3-1-2-4-10-22/h5-8,11H,1-4,9-10H2,(H,21,24)(H,18,19,20). The van der Waals surface area contributed by atoms with Gasteiger partial charge in [0, 0.05) is 31.0 Å². The molecule has 0 saturated carbocycles. The first kappa shape index (κ1) is 17.5. The summed E-state index contributed by atoms with van der Waals surface area (Å²) in [6, 6.07) is 3.07. The molecule has 2 aromatic heterocycles. The summed E-state index contributed by atoms with van der Waals surface area (Å²) >= 11 is 0. The first-order valence-electron chi connectivity index (χ1n) is 8.37. The van der Waals surface area contributed by atoms with Gasteiger partial charge in [-0.2, -0.15) is 0 Å². The molecule has 10 heteroatoms. The topological polar surface area (TPSA) is 126 Å². The number of nitro groups is 1. The molecule has 0 atom stereocenters. The number of aromatic nitrogens is 3. The average Bonchev–Trinajstić information content (AvgIpc) is 2.95. The molecule has 2 N–H and O–H groups in total. The van der Waals surface area contributed by atoms with Crippen molar-refractivity contribution in [2.24, 2.45) is 0 Å². The lowest BCUT2D eigenvalue weighted by Gasteiger charge is -2.21. The number of amides is 1. The molecule has 1 aliphatic heterocycles. The fourth-order valence-electron chi connectivity index (χ4n) is 2.83. The third-order valence-electron chi connectivity index (χ3n) is 4.13. The van der Waals surface area contributed by atoms with Gasteiger partial charge >= 0.3 is 5.69 Å². The molecule has 1 aliphatic rings. The van der Waals surface area contributed by atoms with Crippen LogP contribution < -0.4 is 15.8 Å². The van der Waals surface area contributed by atoms with Gasteiger partial charge < -0.3 is 4.90 Å². The van der Waals surface area contributed by atoms with Crippen molar-refractivity contribution in [2.75, 3.05) is 23.4 Å². The number of carbonyl (C=O) groups is 1. The van der Waals surface area contributed by atoms with Crippen LogP contribution in [0.15, 0.2) is 30.9 Å². The van der Waals surface area contributed by atoms with Gasteiger partial charge in [0.05, 0.1) is 4.92 Å². The summed E-state index contributed by atoms with van der Waals surface area (Å²) in [5, 5.41) is 11.6. The van der Waals surface area contributed by atoms with Crippen LogP contribution in [0.5, 0.6) is 0 Å². The molecule has 0 aliphatic carbocycles. The van der Waals surface area contributed by atoms with Gasteiger partial charge in [0.1, 0.15) is 6.33 Å². The highest BCUT2D eigenvalue weighted by atomic mass is 16.6. The van der Waals surface area contributed by atoms with Crippen LogP contribution in [-0.4, -0.2) is 38.9 Å². The molecular formula is C16H19N7O3. The number of hydrogen-bond donors (Lipinski definition) is 2. The van der Waals surface area contributed by atoms with E-state index in [0.717, 1.165) is 25.7 Å². The quantitative estimate of drug-likeness (QED) is 0.614. The van der Waals surface area contributed by atoms with E-state index in [1.54, 1.807) is 0 Å². The van der Waals surface area contributed by atoms with E-state index in [-0.39, 0.29) is 17.3 Å². The highest BCUT2D eigenvalue weighted by molar-refractivity contribution is 5.94. The zero-order valence-electron chi connectivity index (χ0n) is 14.1. The van der Waals surface area contributed by atoms with Crippen LogP contribution in [0.2, 0.25) is 0 Å². The first-order valence-corrected chi connectivity index (χ1v) is 8.37. The lowest BCUT2D eigenvalue weighted by molar-refractivity contribution is -0.383. The van der Waals surface area contributed by atoms with Crippen molar-refractivity contribution in [1.29, 1.82) is 0 Å². The van der Waals surface area contributed by atoms with Crippen LogP contribution in [0.25, 0.3) is 0 Å². The Bertz CT molecular complexity index is 777. The predicted molar refractivity (Wildman–Crippen MR) is 94.7 cm³/mol. The fraction of sp³-hybridized carbons (Fsp3) is 0.375. The van der Waals surface area contributed by atoms with E-state index in [4.69, 9.17) is 0 Å². The maximum absolute atomic E-state index is 12.1. The van der Waals surface area contributed by atoms with E-state index in [9.17, 15) is 14.9 Å². The second kappa shape index (κ2) is 8.19. The second-order valence-corrected chi connectivity index (χ2v) is 5.87. The number of hydrazine groups is 1. The molecule has 3 rings (SSSR count). The number of nitrogens with one attached hydrogen (secondary N) is 2. The summed E-state index contributed by atoms with van der Waals surface area (Å²) in [5.41, 5.74) is 5.10. The maximum atomic E-state index is 12.1. The van der Waals surface area contributed by atoms with Gasteiger partial charge in [-0.3, -0.25) is 30.7 Å². The highest BCUT2D eigenvalue weighted by Crippen LogP contribution is 2.32. The second-order valence-electron chi connectivity index (χ2n) is 5.87. The van der Waals surface area contributed by atoms with Crippen molar-refractivity contribution in [3.8, 4) is 0 Å². The minimum absolute atomic E-state index is 0.0494. The van der Waals surface area contributed by atoms with Gasteiger partial charge in [-0.25, -0.2) is 9.97 Å². The monoisotopic (exact) mass is 357 g/mol. The van der Waals surface area contributed by atoms with Crippen LogP contribution in [0, 0.1) is 10.1 Å². The molecule has 1 fully saturated rings. The SMILES string of the molecule is O=C(NNc1ncnc(N2CCCCCC2)c1[N+](=O)[O-])c1ccncc1. The minimum Gasteiger partial charge on any atom is -0.351 e. The lowest BCUT2D eigenvalue weighted by Crippen LogP contribution is -2.31. The Morgan fingerprint density at radius 1 is 1.12 bits per heavy atom. The maximum Gasteiger partial charge on any atom is 0.355 e. The molecule has 136 valence electrons. The molecule has 1 saturated heterocycles. The Kier molecular flexibility index (Phi) is 5.52. The Labute approximate surface area is 149 Å². The van der Waals surface area contributed by atoms with Crippen molar-refractivity contribution in [2.45, 2.75) is 25.7 Å². The van der Waals surface area contributed by atoms with E-state index in [1.165, 1.54) is 30.9 Å². The van der Waals surface area contributed by atoms with Crippen molar-refractivity contribution in [3.63, 3.8) is 0 Å². The molecule has 0 unspecified atom stereocenters. The molecular weight excluding hydrogens is 338 g/mol. The van der Waals surface area contributed by atoms with Crippen molar-refractivity contribution >= 4 is 23.2 Å². The molecule has 3 heterocycles. The van der Waals surface area contributed by atoms with Gasteiger partial charge in [0.25, 0.3) is 5.91 Å². The molecule has 26 heavy (non-hydrogen) atoms. The van der Waals surface area contributed by atoms with Gasteiger partial charge in [-0.05, 0) is 25.0 Å². The zero-order valence-corrected chi connectivity index (χ0v) is 14.1. The van der Waals surface area contributed by atoms with Gasteiger partial charge in [-0.15, -0.1) is 0 Å². The third kappa shape index (κ3) is 4.02. The summed E-state index contributed by atoms with van der Waals surface area (Å²) in [4.78, 5) is 37.0. The Morgan fingerprint density at radius 3 is 2.46 bits per heavy atom. The van der Waals surface area contributed by atoms with Crippen molar-refractivity contribution < 1.29 is 9.72 Å². The van der Waals surface area contributed by atoms with E-state index < -0.39 is 10.8 Å². The first-order chi connectivity index (χ1) is 12.7. The molecule has 2 aromatic rings. The van der Waals surface area contributed by atoms with Gasteiger partial charge in [0.15, 0.2) is 0 Å². The van der Waals surface area contributed by atoms with E-state index in [0.29, 0.717) is 18.7 Å². The molecule has 0 aromatic carbocycles. The lowest BCUT2D eigenvalue weighted by atomic mass is 10.2. The predicted octanol–water partition coefficient (Wildman–Crippen LogP) is 1.92. The minimum atomic E-state index is -0.527. The number of hydrogen-bond acceptors (Lipinski definition) is 8. The van der Waals surface area contributed by atoms with Crippen LogP contribution in [0.1, 0.15) is 36.0 Å². The summed E-state index contributed by atoms with van der Waals surface area (Å²) in [5.74, 6) is -0.226.